The van der Waals surface area contributed by atoms with Crippen LogP contribution in [0.2, 0.25) is 0 Å². The van der Waals surface area contributed by atoms with Crippen LogP contribution in [0.5, 0.6) is 5.75 Å². The number of hydrogen-bond acceptors (Lipinski definition) is 1. The second-order valence-corrected chi connectivity index (χ2v) is 8.32. The van der Waals surface area contributed by atoms with E-state index in [9.17, 15) is 8.78 Å². The van der Waals surface area contributed by atoms with Gasteiger partial charge in [-0.1, -0.05) is 12.0 Å². The van der Waals surface area contributed by atoms with Crippen LogP contribution in [0.4, 0.5) is 8.78 Å². The third kappa shape index (κ3) is 5.10. The quantitative estimate of drug-likeness (QED) is 0.736. The Labute approximate surface area is 102 Å². The monoisotopic (exact) mass is 258 g/mol. The molecule has 0 aromatic heterocycles. The molecule has 4 heteroatoms. The number of ether oxygens (including phenoxy) is 1. The highest BCUT2D eigenvalue weighted by atomic mass is 32.3. The van der Waals surface area contributed by atoms with Crippen LogP contribution in [0, 0.1) is 18.1 Å². The van der Waals surface area contributed by atoms with E-state index < -0.39 is 16.6 Å². The molecule has 0 aliphatic carbocycles. The summed E-state index contributed by atoms with van der Waals surface area (Å²) in [5, 5.41) is 3.09. The molecule has 0 amide bonds. The van der Waals surface area contributed by atoms with Crippen molar-refractivity contribution in [3.8, 4) is 16.9 Å². The van der Waals surface area contributed by atoms with Crippen LogP contribution in [0.1, 0.15) is 11.1 Å². The zero-order valence-corrected chi connectivity index (χ0v) is 11.2. The summed E-state index contributed by atoms with van der Waals surface area (Å²) in [5.74, 6) is 3.07. The van der Waals surface area contributed by atoms with Gasteiger partial charge in [-0.2, -0.15) is 18.8 Å². The first-order valence-electron chi connectivity index (χ1n) is 5.04. The molecule has 0 fully saturated rings. The fourth-order valence-electron chi connectivity index (χ4n) is 1.15. The predicted molar refractivity (Wildman–Crippen MR) is 70.1 cm³/mol. The summed E-state index contributed by atoms with van der Waals surface area (Å²) < 4.78 is 28.9. The minimum Gasteiger partial charge on any atom is -0.434 e. The zero-order valence-electron chi connectivity index (χ0n) is 10.4. The first-order valence-corrected chi connectivity index (χ1v) is 7.90. The molecule has 17 heavy (non-hydrogen) atoms. The molecule has 0 atom stereocenters. The highest BCUT2D eigenvalue weighted by Gasteiger charge is 2.08. The van der Waals surface area contributed by atoms with Gasteiger partial charge in [0.2, 0.25) is 0 Å². The van der Waals surface area contributed by atoms with E-state index >= 15 is 0 Å². The maximum absolute atomic E-state index is 12.2. The van der Waals surface area contributed by atoms with E-state index in [1.54, 1.807) is 12.1 Å². The third-order valence-corrected chi connectivity index (χ3v) is 2.56. The summed E-state index contributed by atoms with van der Waals surface area (Å²) >= 11 is 0. The fourth-order valence-corrected chi connectivity index (χ4v) is 1.56. The molecule has 0 unspecified atom stereocenters. The van der Waals surface area contributed by atoms with Crippen LogP contribution in [0.25, 0.3) is 0 Å². The van der Waals surface area contributed by atoms with E-state index in [1.165, 1.54) is 6.07 Å². The summed E-state index contributed by atoms with van der Waals surface area (Å²) in [6.07, 6.45) is 6.14. The van der Waals surface area contributed by atoms with Crippen LogP contribution in [0.3, 0.4) is 0 Å². The molecule has 94 valence electrons. The lowest BCUT2D eigenvalue weighted by Crippen LogP contribution is -2.03. The van der Waals surface area contributed by atoms with Crippen molar-refractivity contribution >= 4 is 10.0 Å². The molecule has 1 nitrogen and oxygen atoms in total. The number of aryl methyl sites for hydroxylation is 1. The molecule has 0 bridgehead atoms. The van der Waals surface area contributed by atoms with Gasteiger partial charge in [-0.15, -0.1) is 0 Å². The average molecular weight is 258 g/mol. The lowest BCUT2D eigenvalue weighted by atomic mass is 10.1. The first kappa shape index (κ1) is 13.9. The lowest BCUT2D eigenvalue weighted by Gasteiger charge is -2.15. The Hall–Kier alpha value is -1.21. The number of rotatable bonds is 2. The Balaban J connectivity index is 3.10. The van der Waals surface area contributed by atoms with Crippen molar-refractivity contribution in [1.82, 2.24) is 0 Å². The highest BCUT2D eigenvalue weighted by Crippen LogP contribution is 2.33. The largest absolute Gasteiger partial charge is 0.434 e. The van der Waals surface area contributed by atoms with Gasteiger partial charge in [0, 0.05) is 0 Å². The highest BCUT2D eigenvalue weighted by molar-refractivity contribution is 8.35. The SMILES string of the molecule is Cc1ccc(OC(F)F)c(C#CS(C)(C)C)c1. The van der Waals surface area contributed by atoms with E-state index in [4.69, 9.17) is 0 Å². The van der Waals surface area contributed by atoms with E-state index in [-0.39, 0.29) is 5.75 Å². The number of benzene rings is 1. The molecule has 0 saturated carbocycles. The van der Waals surface area contributed by atoms with Gasteiger partial charge < -0.3 is 4.74 Å². The summed E-state index contributed by atoms with van der Waals surface area (Å²) in [4.78, 5) is 0. The molecule has 1 rings (SSSR count). The summed E-state index contributed by atoms with van der Waals surface area (Å²) in [5.41, 5.74) is 1.49. The molecular weight excluding hydrogens is 242 g/mol. The number of hydrogen-bond donors (Lipinski definition) is 0. The van der Waals surface area contributed by atoms with Gasteiger partial charge in [-0.05, 0) is 48.6 Å². The van der Waals surface area contributed by atoms with Crippen molar-refractivity contribution in [2.75, 3.05) is 18.8 Å². The minimum absolute atomic E-state index is 0.141. The van der Waals surface area contributed by atoms with Gasteiger partial charge in [-0.25, -0.2) is 0 Å². The first-order chi connectivity index (χ1) is 7.78. The Morgan fingerprint density at radius 1 is 1.24 bits per heavy atom. The normalized spacial score (nSPS) is 11.9. The molecule has 0 N–H and O–H groups in total. The van der Waals surface area contributed by atoms with Gasteiger partial charge in [0.25, 0.3) is 0 Å². The Morgan fingerprint density at radius 2 is 1.88 bits per heavy atom. The maximum atomic E-state index is 12.2. The minimum atomic E-state index is -2.82. The fraction of sp³-hybridized carbons (Fsp3) is 0.385. The van der Waals surface area contributed by atoms with E-state index in [1.807, 2.05) is 25.7 Å². The molecule has 0 aliphatic heterocycles. The lowest BCUT2D eigenvalue weighted by molar-refractivity contribution is -0.0500. The molecule has 0 heterocycles. The number of alkyl halides is 2. The van der Waals surface area contributed by atoms with Gasteiger partial charge in [0.15, 0.2) is 0 Å². The standard InChI is InChI=1S/C13H16F2OS/c1-10-5-6-12(16-13(14)15)11(9-10)7-8-17(2,3)4/h5-6,9,13H,1-4H3. The molecule has 1 aromatic carbocycles. The second-order valence-electron chi connectivity index (χ2n) is 4.44. The summed E-state index contributed by atoms with van der Waals surface area (Å²) in [7, 11) is -0.985. The van der Waals surface area contributed by atoms with Crippen molar-refractivity contribution in [1.29, 1.82) is 0 Å². The number of halogens is 2. The molecule has 0 aliphatic rings. The molecular formula is C13H16F2OS. The molecule has 0 spiro atoms. The van der Waals surface area contributed by atoms with E-state index in [0.717, 1.165) is 5.56 Å². The molecule has 1 aromatic rings. The smallest absolute Gasteiger partial charge is 0.387 e. The third-order valence-electron chi connectivity index (χ3n) is 1.84. The van der Waals surface area contributed by atoms with Gasteiger partial charge in [-0.3, -0.25) is 0 Å². The van der Waals surface area contributed by atoms with Crippen molar-refractivity contribution in [3.05, 3.63) is 29.3 Å². The van der Waals surface area contributed by atoms with Crippen molar-refractivity contribution in [2.24, 2.45) is 0 Å². The van der Waals surface area contributed by atoms with Crippen LogP contribution in [-0.4, -0.2) is 25.4 Å². The zero-order chi connectivity index (χ0) is 13.1. The molecule has 0 saturated heterocycles. The van der Waals surface area contributed by atoms with Crippen LogP contribution in [-0.2, 0) is 0 Å². The van der Waals surface area contributed by atoms with Crippen molar-refractivity contribution < 1.29 is 13.5 Å². The van der Waals surface area contributed by atoms with E-state index in [0.29, 0.717) is 5.56 Å². The van der Waals surface area contributed by atoms with Crippen LogP contribution < -0.4 is 4.74 Å². The van der Waals surface area contributed by atoms with Gasteiger partial charge >= 0.3 is 6.61 Å². The van der Waals surface area contributed by atoms with Crippen molar-refractivity contribution in [3.63, 3.8) is 0 Å². The second kappa shape index (κ2) is 5.42. The van der Waals surface area contributed by atoms with Gasteiger partial charge in [0.1, 0.15) is 5.75 Å². The van der Waals surface area contributed by atoms with Crippen LogP contribution in [0.15, 0.2) is 18.2 Å². The Bertz CT molecular complexity index is 453. The summed E-state index contributed by atoms with van der Waals surface area (Å²) in [6, 6.07) is 5.02. The van der Waals surface area contributed by atoms with E-state index in [2.05, 4.69) is 15.9 Å². The van der Waals surface area contributed by atoms with Gasteiger partial charge in [0.05, 0.1) is 5.56 Å². The van der Waals surface area contributed by atoms with Crippen LogP contribution >= 0.6 is 10.0 Å². The molecule has 0 radical (unpaired) electrons. The Kier molecular flexibility index (Phi) is 4.41. The Morgan fingerprint density at radius 3 is 2.41 bits per heavy atom. The van der Waals surface area contributed by atoms with Crippen molar-refractivity contribution in [2.45, 2.75) is 13.5 Å². The maximum Gasteiger partial charge on any atom is 0.387 e. The summed E-state index contributed by atoms with van der Waals surface area (Å²) in [6.45, 7) is -0.929. The predicted octanol–water partition coefficient (Wildman–Crippen LogP) is 3.60. The average Bonchev–Trinajstić information content (AvgIpc) is 2.16. The topological polar surface area (TPSA) is 9.23 Å².